The minimum atomic E-state index is -0.743. The maximum Gasteiger partial charge on any atom is 0.482 e. The molecule has 3 saturated carbocycles. The van der Waals surface area contributed by atoms with Gasteiger partial charge in [-0.05, 0) is 74.2 Å². The van der Waals surface area contributed by atoms with Gasteiger partial charge >= 0.3 is 7.12 Å². The Morgan fingerprint density at radius 3 is 2.47 bits per heavy atom. The molecule has 1 aromatic carbocycles. The highest BCUT2D eigenvalue weighted by molar-refractivity contribution is 6.48. The van der Waals surface area contributed by atoms with Gasteiger partial charge < -0.3 is 25.3 Å². The Kier molecular flexibility index (Phi) is 10.4. The second-order valence-corrected chi connectivity index (χ2v) is 13.6. The number of unbranched alkanes of at least 4 members (excludes halogenated alkanes) is 1. The van der Waals surface area contributed by atoms with Gasteiger partial charge in [0, 0.05) is 13.5 Å². The highest BCUT2D eigenvalue weighted by atomic mass is 16.7. The average molecular weight is 591 g/mol. The number of amides is 3. The maximum absolute atomic E-state index is 13.7. The van der Waals surface area contributed by atoms with Crippen molar-refractivity contribution in [3.8, 4) is 6.07 Å². The number of nitrogens with one attached hydrogen (secondary N) is 3. The summed E-state index contributed by atoms with van der Waals surface area (Å²) in [4.78, 5) is 38.0. The summed E-state index contributed by atoms with van der Waals surface area (Å²) < 4.78 is 13.3. The number of carbonyl (C=O) groups excluding carboxylic acids is 3. The summed E-state index contributed by atoms with van der Waals surface area (Å²) in [6.45, 7) is 12.4. The van der Waals surface area contributed by atoms with Gasteiger partial charge in [-0.1, -0.05) is 64.1 Å². The molecule has 1 heterocycles. The van der Waals surface area contributed by atoms with Crippen LogP contribution in [0.15, 0.2) is 42.0 Å². The van der Waals surface area contributed by atoms with Crippen LogP contribution in [0.1, 0.15) is 79.2 Å². The molecule has 4 fully saturated rings. The zero-order valence-corrected chi connectivity index (χ0v) is 26.4. The lowest BCUT2D eigenvalue weighted by Crippen LogP contribution is -2.65. The van der Waals surface area contributed by atoms with Gasteiger partial charge in [0.1, 0.15) is 17.7 Å². The molecule has 4 aliphatic rings. The van der Waals surface area contributed by atoms with Gasteiger partial charge in [-0.15, -0.1) is 0 Å². The molecule has 9 nitrogen and oxygen atoms in total. The van der Waals surface area contributed by atoms with Crippen LogP contribution in [0.5, 0.6) is 0 Å². The van der Waals surface area contributed by atoms with Crippen LogP contribution < -0.4 is 16.0 Å². The van der Waals surface area contributed by atoms with E-state index in [0.717, 1.165) is 18.4 Å². The Morgan fingerprint density at radius 1 is 1.12 bits per heavy atom. The van der Waals surface area contributed by atoms with E-state index in [2.05, 4.69) is 36.7 Å². The smallest absolute Gasteiger partial charge is 0.404 e. The second-order valence-electron chi connectivity index (χ2n) is 13.6. The fourth-order valence-corrected chi connectivity index (χ4v) is 7.22. The number of hydrogen-bond donors (Lipinski definition) is 3. The van der Waals surface area contributed by atoms with E-state index in [1.165, 1.54) is 6.92 Å². The first-order chi connectivity index (χ1) is 20.3. The van der Waals surface area contributed by atoms with Crippen molar-refractivity contribution in [2.75, 3.05) is 6.54 Å². The molecule has 0 radical (unpaired) electrons. The summed E-state index contributed by atoms with van der Waals surface area (Å²) in [5.74, 6) is -0.310. The summed E-state index contributed by atoms with van der Waals surface area (Å²) in [6.07, 6.45) is 5.83. The number of carbonyl (C=O) groups is 3. The van der Waals surface area contributed by atoms with E-state index in [1.54, 1.807) is 6.08 Å². The number of hydrogen-bond acceptors (Lipinski definition) is 6. The van der Waals surface area contributed by atoms with Crippen molar-refractivity contribution in [1.82, 2.24) is 16.0 Å². The van der Waals surface area contributed by atoms with Crippen molar-refractivity contribution in [1.29, 1.82) is 5.26 Å². The highest BCUT2D eigenvalue weighted by Crippen LogP contribution is 2.65. The van der Waals surface area contributed by atoms with Crippen molar-refractivity contribution in [3.05, 3.63) is 47.5 Å². The van der Waals surface area contributed by atoms with E-state index >= 15 is 0 Å². The molecule has 1 saturated heterocycles. The minimum absolute atomic E-state index is 0.0114. The molecule has 5 rings (SSSR count). The van der Waals surface area contributed by atoms with E-state index in [9.17, 15) is 19.6 Å². The quantitative estimate of drug-likeness (QED) is 0.138. The summed E-state index contributed by atoms with van der Waals surface area (Å²) in [7, 11) is -0.601. The molecule has 6 atom stereocenters. The van der Waals surface area contributed by atoms with Crippen LogP contribution in [0.3, 0.4) is 0 Å². The van der Waals surface area contributed by atoms with Gasteiger partial charge in [0.2, 0.25) is 11.8 Å². The Hall–Kier alpha value is -3.16. The zero-order chi connectivity index (χ0) is 31.4. The summed E-state index contributed by atoms with van der Waals surface area (Å²) in [6, 6.07) is 11.2. The van der Waals surface area contributed by atoms with E-state index in [-0.39, 0.29) is 34.8 Å². The molecule has 3 N–H and O–H groups in total. The lowest BCUT2D eigenvalue weighted by atomic mass is 9.43. The predicted octanol–water partition coefficient (Wildman–Crippen LogP) is 3.88. The molecule has 0 aromatic heterocycles. The zero-order valence-electron chi connectivity index (χ0n) is 26.4. The third-order valence-electron chi connectivity index (χ3n) is 9.69. The highest BCUT2D eigenvalue weighted by Gasteiger charge is 2.68. The first kappa shape index (κ1) is 32.8. The fraction of sp³-hybridized carbons (Fsp3) is 0.636. The number of rotatable bonds is 13. The molecule has 0 unspecified atom stereocenters. The number of nitrogens with zero attached hydrogens (tertiary/aromatic N) is 1. The normalized spacial score (nSPS) is 26.9. The Labute approximate surface area is 256 Å². The molecule has 3 aliphatic carbocycles. The van der Waals surface area contributed by atoms with Crippen molar-refractivity contribution in [2.45, 2.75) is 104 Å². The van der Waals surface area contributed by atoms with Crippen LogP contribution in [0.2, 0.25) is 0 Å². The molecule has 2 bridgehead atoms. The predicted molar refractivity (Wildman–Crippen MR) is 165 cm³/mol. The van der Waals surface area contributed by atoms with Crippen molar-refractivity contribution in [2.24, 2.45) is 23.2 Å². The van der Waals surface area contributed by atoms with Gasteiger partial charge in [-0.3, -0.25) is 14.4 Å². The molecule has 1 aliphatic heterocycles. The summed E-state index contributed by atoms with van der Waals surface area (Å²) in [5.41, 5.74) is 0.957. The third-order valence-corrected chi connectivity index (χ3v) is 9.69. The van der Waals surface area contributed by atoms with Gasteiger partial charge in [0.15, 0.2) is 0 Å². The van der Waals surface area contributed by atoms with Crippen LogP contribution in [0.25, 0.3) is 0 Å². The molecule has 1 aromatic rings. The van der Waals surface area contributed by atoms with Gasteiger partial charge in [-0.2, -0.15) is 5.26 Å². The number of benzene rings is 1. The summed E-state index contributed by atoms with van der Waals surface area (Å²) in [5, 5.41) is 18.0. The van der Waals surface area contributed by atoms with E-state index in [4.69, 9.17) is 9.31 Å². The Balaban J connectivity index is 1.39. The van der Waals surface area contributed by atoms with Crippen LogP contribution in [-0.4, -0.2) is 55.1 Å². The molecule has 10 heteroatoms. The first-order valence-corrected chi connectivity index (χ1v) is 15.7. The lowest BCUT2D eigenvalue weighted by molar-refractivity contribution is -0.199. The van der Waals surface area contributed by atoms with Crippen molar-refractivity contribution in [3.63, 3.8) is 0 Å². The number of nitriles is 1. The molecular weight excluding hydrogens is 543 g/mol. The van der Waals surface area contributed by atoms with E-state index in [0.29, 0.717) is 44.1 Å². The average Bonchev–Trinajstić information content (AvgIpc) is 3.32. The lowest BCUT2D eigenvalue weighted by Gasteiger charge is -2.64. The van der Waals surface area contributed by atoms with Crippen LogP contribution >= 0.6 is 0 Å². The third kappa shape index (κ3) is 7.50. The molecule has 232 valence electrons. The standard InChI is InChI=1S/C33H47BN4O5/c1-21(2)16-24(20-35)30(40)36-15-11-10-14-26(37-22(3)39)31(41)38-29(17-23-12-8-7-9-13-23)34-42-28-19-25-18-27(32(25,4)5)33(28,6)43-34/h7-9,12-13,16,21,25-29H,10-11,14-15,17-19H2,1-6H3,(H,36,40)(H,37,39)(H,38,41)/t25-,26-,27-,28+,29-,33-/m0/s1. The van der Waals surface area contributed by atoms with Gasteiger partial charge in [-0.25, -0.2) is 0 Å². The van der Waals surface area contributed by atoms with Crippen LogP contribution in [-0.2, 0) is 30.1 Å². The van der Waals surface area contributed by atoms with Crippen molar-refractivity contribution >= 4 is 24.8 Å². The molecule has 43 heavy (non-hydrogen) atoms. The van der Waals surface area contributed by atoms with Gasteiger partial charge in [0.25, 0.3) is 5.91 Å². The first-order valence-electron chi connectivity index (χ1n) is 15.7. The van der Waals surface area contributed by atoms with Crippen LogP contribution in [0.4, 0.5) is 0 Å². The van der Waals surface area contributed by atoms with Crippen LogP contribution in [0, 0.1) is 34.5 Å². The fourth-order valence-electron chi connectivity index (χ4n) is 7.22. The minimum Gasteiger partial charge on any atom is -0.404 e. The molecule has 0 spiro atoms. The largest absolute Gasteiger partial charge is 0.482 e. The SMILES string of the molecule is CC(=O)N[C@@H](CCCCNC(=O)C(C#N)=CC(C)C)C(=O)N[C@@H](Cc1ccccc1)B1O[C@@H]2C[C@@H]3C[C@@H](C3(C)C)[C@]2(C)O1. The second kappa shape index (κ2) is 13.6. The summed E-state index contributed by atoms with van der Waals surface area (Å²) >= 11 is 0. The van der Waals surface area contributed by atoms with E-state index < -0.39 is 30.6 Å². The van der Waals surface area contributed by atoms with Gasteiger partial charge in [0.05, 0.1) is 17.6 Å². The Bertz CT molecular complexity index is 1250. The van der Waals surface area contributed by atoms with E-state index in [1.807, 2.05) is 50.2 Å². The molecule has 3 amide bonds. The molecular formula is C33H47BN4O5. The van der Waals surface area contributed by atoms with Crippen molar-refractivity contribution < 1.29 is 23.7 Å². The monoisotopic (exact) mass is 590 g/mol. The topological polar surface area (TPSA) is 130 Å². The number of allylic oxidation sites excluding steroid dienone is 1. The Morgan fingerprint density at radius 2 is 1.84 bits per heavy atom. The maximum atomic E-state index is 13.7.